The lowest BCUT2D eigenvalue weighted by Crippen LogP contribution is -2.50. The van der Waals surface area contributed by atoms with Crippen LogP contribution in [-0.2, 0) is 6.42 Å². The predicted octanol–water partition coefficient (Wildman–Crippen LogP) is 9.37. The summed E-state index contributed by atoms with van der Waals surface area (Å²) < 4.78 is 12.6. The molecular weight excluding hydrogens is 492 g/mol. The maximum Gasteiger partial charge on any atom is 0.258 e. The number of thiophene rings is 1. The Kier molecular flexibility index (Phi) is 8.89. The highest BCUT2D eigenvalue weighted by Gasteiger charge is 2.47. The van der Waals surface area contributed by atoms with Crippen molar-refractivity contribution in [3.63, 3.8) is 0 Å². The molecule has 0 aliphatic rings. The molecule has 0 N–H and O–H groups in total. The molecule has 0 spiro atoms. The molecule has 3 aromatic rings. The van der Waals surface area contributed by atoms with Crippen molar-refractivity contribution >= 4 is 37.0 Å². The van der Waals surface area contributed by atoms with E-state index in [1.54, 1.807) is 7.11 Å². The van der Waals surface area contributed by atoms with E-state index in [4.69, 9.17) is 20.8 Å². The fourth-order valence-electron chi connectivity index (χ4n) is 5.23. The van der Waals surface area contributed by atoms with Gasteiger partial charge < -0.3 is 9.16 Å². The number of rotatable bonds is 10. The summed E-state index contributed by atoms with van der Waals surface area (Å²) in [4.78, 5) is 15.1. The topological polar surface area (TPSA) is 35.5 Å². The third kappa shape index (κ3) is 5.84. The number of ether oxygens (including phenoxy) is 1. The first-order valence-electron chi connectivity index (χ1n) is 12.2. The highest BCUT2D eigenvalue weighted by atomic mass is 35.5. The summed E-state index contributed by atoms with van der Waals surface area (Å²) in [5, 5.41) is 0.704. The van der Waals surface area contributed by atoms with Gasteiger partial charge in [-0.2, -0.15) is 0 Å². The molecule has 1 aromatic heterocycles. The summed E-state index contributed by atoms with van der Waals surface area (Å²) in [6.45, 7) is 15.6. The van der Waals surface area contributed by atoms with Crippen LogP contribution in [0.5, 0.6) is 11.5 Å². The lowest BCUT2D eigenvalue weighted by atomic mass is 10.1. The summed E-state index contributed by atoms with van der Waals surface area (Å²) in [5.74, 6) is 1.58. The minimum atomic E-state index is -2.11. The van der Waals surface area contributed by atoms with Crippen LogP contribution >= 0.6 is 22.9 Å². The number of benzene rings is 2. The number of carbonyl (C=O) groups excluding carboxylic acids is 1. The minimum Gasteiger partial charge on any atom is -0.540 e. The lowest BCUT2D eigenvalue weighted by Gasteiger charge is -2.42. The van der Waals surface area contributed by atoms with Crippen LogP contribution in [0, 0.1) is 6.92 Å². The van der Waals surface area contributed by atoms with Crippen LogP contribution in [0.1, 0.15) is 62.3 Å². The average Bonchev–Trinajstić information content (AvgIpc) is 3.19. The van der Waals surface area contributed by atoms with Crippen molar-refractivity contribution < 1.29 is 14.0 Å². The largest absolute Gasteiger partial charge is 0.540 e. The highest BCUT2D eigenvalue weighted by Crippen LogP contribution is 2.45. The molecule has 2 aromatic carbocycles. The third-order valence-electron chi connectivity index (χ3n) is 6.89. The number of Topliss-reactive ketones (excluding diaryl/α,β-unsaturated/α-hetero) is 1. The van der Waals surface area contributed by atoms with Crippen molar-refractivity contribution in [3.8, 4) is 21.9 Å². The number of halogens is 1. The Bertz CT molecular complexity index is 1140. The molecule has 0 saturated carbocycles. The SMILES string of the molecule is COc1cc(CC(=O)c2sc(-c3ccc(Cl)cc3)cc2C)ccc1O[Si](C(C)C)(C(C)C)C(C)C. The molecule has 3 rings (SSSR count). The van der Waals surface area contributed by atoms with Crippen LogP contribution in [-0.4, -0.2) is 21.2 Å². The van der Waals surface area contributed by atoms with Gasteiger partial charge in [0.15, 0.2) is 11.5 Å². The van der Waals surface area contributed by atoms with E-state index in [2.05, 4.69) is 47.6 Å². The number of methoxy groups -OCH3 is 1. The second kappa shape index (κ2) is 11.3. The molecule has 35 heavy (non-hydrogen) atoms. The van der Waals surface area contributed by atoms with E-state index in [9.17, 15) is 4.79 Å². The van der Waals surface area contributed by atoms with Gasteiger partial charge in [0.2, 0.25) is 0 Å². The van der Waals surface area contributed by atoms with Crippen LogP contribution in [0.3, 0.4) is 0 Å². The van der Waals surface area contributed by atoms with Gasteiger partial charge in [-0.3, -0.25) is 4.79 Å². The Morgan fingerprint density at radius 3 is 2.06 bits per heavy atom. The Labute approximate surface area is 220 Å². The maximum atomic E-state index is 13.2. The van der Waals surface area contributed by atoms with E-state index in [0.29, 0.717) is 33.8 Å². The molecule has 0 atom stereocenters. The second-order valence-corrected chi connectivity index (χ2v) is 17.0. The van der Waals surface area contributed by atoms with Gasteiger partial charge in [-0.1, -0.05) is 71.3 Å². The Hall–Kier alpha value is -2.08. The van der Waals surface area contributed by atoms with Crippen molar-refractivity contribution in [2.45, 2.75) is 71.5 Å². The monoisotopic (exact) mass is 528 g/mol. The normalized spacial score (nSPS) is 12.0. The average molecular weight is 529 g/mol. The molecule has 0 saturated heterocycles. The summed E-state index contributed by atoms with van der Waals surface area (Å²) in [6, 6.07) is 15.7. The van der Waals surface area contributed by atoms with Gasteiger partial charge in [0.25, 0.3) is 8.32 Å². The maximum absolute atomic E-state index is 13.2. The Morgan fingerprint density at radius 2 is 1.51 bits per heavy atom. The van der Waals surface area contributed by atoms with Crippen LogP contribution in [0.25, 0.3) is 10.4 Å². The van der Waals surface area contributed by atoms with Crippen LogP contribution in [0.4, 0.5) is 0 Å². The van der Waals surface area contributed by atoms with Gasteiger partial charge in [-0.25, -0.2) is 0 Å². The van der Waals surface area contributed by atoms with Crippen molar-refractivity contribution in [3.05, 3.63) is 69.6 Å². The van der Waals surface area contributed by atoms with Gasteiger partial charge in [0.05, 0.1) is 12.0 Å². The number of carbonyl (C=O) groups is 1. The minimum absolute atomic E-state index is 0.110. The van der Waals surface area contributed by atoms with Gasteiger partial charge in [0.1, 0.15) is 5.75 Å². The standard InChI is InChI=1S/C29H37ClO3SSi/c1-18(2)35(19(3)4,20(5)6)33-26-14-9-22(17-27(26)32-8)16-25(31)29-21(7)15-28(34-29)23-10-12-24(30)13-11-23/h9-15,17-20H,16H2,1-8H3. The zero-order chi connectivity index (χ0) is 25.9. The molecule has 1 heterocycles. The third-order valence-corrected chi connectivity index (χ3v) is 14.5. The first kappa shape index (κ1) is 27.5. The van der Waals surface area contributed by atoms with E-state index in [1.807, 2.05) is 49.4 Å². The van der Waals surface area contributed by atoms with E-state index >= 15 is 0 Å². The van der Waals surface area contributed by atoms with Crippen LogP contribution < -0.4 is 9.16 Å². The van der Waals surface area contributed by atoms with Crippen LogP contribution in [0.15, 0.2) is 48.5 Å². The van der Waals surface area contributed by atoms with E-state index < -0.39 is 8.32 Å². The second-order valence-electron chi connectivity index (χ2n) is 10.1. The van der Waals surface area contributed by atoms with E-state index in [1.165, 1.54) is 11.3 Å². The Morgan fingerprint density at radius 1 is 0.914 bits per heavy atom. The Balaban J connectivity index is 1.85. The smallest absolute Gasteiger partial charge is 0.258 e. The van der Waals surface area contributed by atoms with E-state index in [0.717, 1.165) is 32.2 Å². The molecule has 188 valence electrons. The fraction of sp³-hybridized carbons (Fsp3) is 0.414. The number of hydrogen-bond acceptors (Lipinski definition) is 4. The van der Waals surface area contributed by atoms with E-state index in [-0.39, 0.29) is 5.78 Å². The first-order valence-corrected chi connectivity index (χ1v) is 15.6. The van der Waals surface area contributed by atoms with Gasteiger partial charge >= 0.3 is 0 Å². The molecule has 3 nitrogen and oxygen atoms in total. The predicted molar refractivity (Wildman–Crippen MR) is 152 cm³/mol. The van der Waals surface area contributed by atoms with Gasteiger partial charge in [-0.15, -0.1) is 11.3 Å². The van der Waals surface area contributed by atoms with Crippen molar-refractivity contribution in [2.24, 2.45) is 0 Å². The zero-order valence-corrected chi connectivity index (χ0v) is 24.6. The zero-order valence-electron chi connectivity index (χ0n) is 22.1. The molecule has 0 fully saturated rings. The number of hydrogen-bond donors (Lipinski definition) is 0. The van der Waals surface area contributed by atoms with Crippen molar-refractivity contribution in [2.75, 3.05) is 7.11 Å². The van der Waals surface area contributed by atoms with Gasteiger partial charge in [0, 0.05) is 16.3 Å². The van der Waals surface area contributed by atoms with Crippen molar-refractivity contribution in [1.82, 2.24) is 0 Å². The number of ketones is 1. The summed E-state index contributed by atoms with van der Waals surface area (Å²) in [7, 11) is -0.447. The molecule has 0 bridgehead atoms. The molecule has 6 heteroatoms. The van der Waals surface area contributed by atoms with Crippen molar-refractivity contribution in [1.29, 1.82) is 0 Å². The van der Waals surface area contributed by atoms with Gasteiger partial charge in [-0.05, 0) is 70.6 Å². The summed E-state index contributed by atoms with van der Waals surface area (Å²) in [5.41, 5.74) is 4.38. The summed E-state index contributed by atoms with van der Waals surface area (Å²) in [6.07, 6.45) is 0.319. The fourth-order valence-corrected chi connectivity index (χ4v) is 11.7. The molecule has 0 aliphatic heterocycles. The number of aryl methyl sites for hydroxylation is 1. The quantitative estimate of drug-likeness (QED) is 0.194. The molecule has 0 aliphatic carbocycles. The summed E-state index contributed by atoms with van der Waals surface area (Å²) >= 11 is 7.56. The lowest BCUT2D eigenvalue weighted by molar-refractivity contribution is 0.0996. The molecule has 0 unspecified atom stereocenters. The first-order chi connectivity index (χ1) is 16.5. The molecular formula is C29H37ClO3SSi. The molecule has 0 radical (unpaired) electrons. The highest BCUT2D eigenvalue weighted by molar-refractivity contribution is 7.17. The van der Waals surface area contributed by atoms with Crippen LogP contribution in [0.2, 0.25) is 21.6 Å². The molecule has 0 amide bonds.